The summed E-state index contributed by atoms with van der Waals surface area (Å²) in [5.41, 5.74) is 1.02. The maximum atomic E-state index is 11.3. The molecule has 0 aliphatic carbocycles. The SMILES string of the molecule is CCS(=O)(=O)NCCCNC(=NC)N(C)Cc1ccc(Cl)c(Cl)c1.I. The monoisotopic (exact) mass is 522 g/mol. The van der Waals surface area contributed by atoms with Gasteiger partial charge in [0.1, 0.15) is 0 Å². The normalized spacial score (nSPS) is 11.8. The summed E-state index contributed by atoms with van der Waals surface area (Å²) in [5, 5.41) is 4.25. The molecule has 1 aromatic rings. The first kappa shape index (κ1) is 24.7. The molecule has 0 atom stereocenters. The topological polar surface area (TPSA) is 73.8 Å². The van der Waals surface area contributed by atoms with Crippen LogP contribution < -0.4 is 10.0 Å². The summed E-state index contributed by atoms with van der Waals surface area (Å²) in [6.07, 6.45) is 0.666. The third-order valence-electron chi connectivity index (χ3n) is 3.32. The molecule has 25 heavy (non-hydrogen) atoms. The van der Waals surface area contributed by atoms with E-state index in [0.717, 1.165) is 11.5 Å². The minimum Gasteiger partial charge on any atom is -0.356 e. The molecule has 0 spiro atoms. The Labute approximate surface area is 177 Å². The van der Waals surface area contributed by atoms with Gasteiger partial charge in [-0.1, -0.05) is 29.3 Å². The summed E-state index contributed by atoms with van der Waals surface area (Å²) >= 11 is 11.9. The minimum atomic E-state index is -3.13. The van der Waals surface area contributed by atoms with Crippen molar-refractivity contribution in [3.63, 3.8) is 0 Å². The van der Waals surface area contributed by atoms with Crippen molar-refractivity contribution in [3.8, 4) is 0 Å². The van der Waals surface area contributed by atoms with Crippen molar-refractivity contribution in [2.24, 2.45) is 4.99 Å². The van der Waals surface area contributed by atoms with Gasteiger partial charge < -0.3 is 10.2 Å². The van der Waals surface area contributed by atoms with E-state index in [4.69, 9.17) is 23.2 Å². The highest BCUT2D eigenvalue weighted by molar-refractivity contribution is 14.0. The lowest BCUT2D eigenvalue weighted by Gasteiger charge is -2.22. The molecule has 0 heterocycles. The van der Waals surface area contributed by atoms with Gasteiger partial charge in [-0.15, -0.1) is 24.0 Å². The molecular formula is C15H25Cl2IN4O2S. The van der Waals surface area contributed by atoms with Crippen molar-refractivity contribution in [2.45, 2.75) is 19.9 Å². The molecule has 2 N–H and O–H groups in total. The van der Waals surface area contributed by atoms with Gasteiger partial charge in [-0.3, -0.25) is 4.99 Å². The Bertz CT molecular complexity index is 671. The lowest BCUT2D eigenvalue weighted by atomic mass is 10.2. The third-order valence-corrected chi connectivity index (χ3v) is 5.46. The van der Waals surface area contributed by atoms with Gasteiger partial charge in [-0.2, -0.15) is 0 Å². The zero-order valence-corrected chi connectivity index (χ0v) is 19.2. The highest BCUT2D eigenvalue weighted by Gasteiger charge is 2.08. The number of nitrogens with one attached hydrogen (secondary N) is 2. The fraction of sp³-hybridized carbons (Fsp3) is 0.533. The number of hydrogen-bond donors (Lipinski definition) is 2. The number of nitrogens with zero attached hydrogens (tertiary/aromatic N) is 2. The average molecular weight is 523 g/mol. The van der Waals surface area contributed by atoms with E-state index in [1.165, 1.54) is 0 Å². The van der Waals surface area contributed by atoms with Gasteiger partial charge in [0, 0.05) is 33.7 Å². The molecule has 0 saturated heterocycles. The summed E-state index contributed by atoms with van der Waals surface area (Å²) in [6.45, 7) is 3.25. The van der Waals surface area contributed by atoms with Gasteiger partial charge in [0.05, 0.1) is 15.8 Å². The number of guanidine groups is 1. The maximum absolute atomic E-state index is 11.3. The number of sulfonamides is 1. The fourth-order valence-corrected chi connectivity index (χ4v) is 2.97. The highest BCUT2D eigenvalue weighted by atomic mass is 127. The van der Waals surface area contributed by atoms with Crippen LogP contribution in [0.25, 0.3) is 0 Å². The summed E-state index contributed by atoms with van der Waals surface area (Å²) < 4.78 is 25.2. The second kappa shape index (κ2) is 12.2. The van der Waals surface area contributed by atoms with Crippen molar-refractivity contribution >= 4 is 63.2 Å². The summed E-state index contributed by atoms with van der Waals surface area (Å²) in [6, 6.07) is 5.51. The van der Waals surface area contributed by atoms with Gasteiger partial charge in [-0.25, -0.2) is 13.1 Å². The lowest BCUT2D eigenvalue weighted by molar-refractivity contribution is 0.475. The molecule has 0 fully saturated rings. The standard InChI is InChI=1S/C15H24Cl2N4O2S.HI/c1-4-24(22,23)20-9-5-8-19-15(18-2)21(3)11-12-6-7-13(16)14(17)10-12;/h6-7,10,20H,4-5,8-9,11H2,1-3H3,(H,18,19);1H. The summed E-state index contributed by atoms with van der Waals surface area (Å²) in [7, 11) is 0.484. The molecule has 6 nitrogen and oxygen atoms in total. The Hall–Kier alpha value is -0.290. The Kier molecular flexibility index (Phi) is 12.0. The van der Waals surface area contributed by atoms with Crippen LogP contribution in [0.3, 0.4) is 0 Å². The van der Waals surface area contributed by atoms with Gasteiger partial charge in [0.15, 0.2) is 5.96 Å². The fourth-order valence-electron chi connectivity index (χ4n) is 1.99. The molecule has 0 saturated carbocycles. The second-order valence-electron chi connectivity index (χ2n) is 5.23. The number of rotatable bonds is 8. The predicted molar refractivity (Wildman–Crippen MR) is 117 cm³/mol. The smallest absolute Gasteiger partial charge is 0.211 e. The maximum Gasteiger partial charge on any atom is 0.211 e. The zero-order valence-electron chi connectivity index (χ0n) is 14.6. The molecule has 0 bridgehead atoms. The average Bonchev–Trinajstić information content (AvgIpc) is 2.54. The minimum absolute atomic E-state index is 0. The van der Waals surface area contributed by atoms with E-state index in [1.54, 1.807) is 20.0 Å². The van der Waals surface area contributed by atoms with Crippen LogP contribution in [-0.4, -0.2) is 52.2 Å². The van der Waals surface area contributed by atoms with E-state index in [9.17, 15) is 8.42 Å². The number of hydrogen-bond acceptors (Lipinski definition) is 3. The van der Waals surface area contributed by atoms with Crippen LogP contribution in [0.5, 0.6) is 0 Å². The van der Waals surface area contributed by atoms with Crippen LogP contribution in [0.15, 0.2) is 23.2 Å². The van der Waals surface area contributed by atoms with Crippen LogP contribution >= 0.6 is 47.2 Å². The molecule has 1 aromatic carbocycles. The van der Waals surface area contributed by atoms with Crippen molar-refractivity contribution in [3.05, 3.63) is 33.8 Å². The molecule has 0 radical (unpaired) electrons. The first-order valence-corrected chi connectivity index (χ1v) is 10.0. The molecule has 1 rings (SSSR count). The highest BCUT2D eigenvalue weighted by Crippen LogP contribution is 2.23. The van der Waals surface area contributed by atoms with Crippen LogP contribution in [0.1, 0.15) is 18.9 Å². The van der Waals surface area contributed by atoms with Crippen LogP contribution in [0.4, 0.5) is 0 Å². The van der Waals surface area contributed by atoms with Crippen LogP contribution in [-0.2, 0) is 16.6 Å². The van der Waals surface area contributed by atoms with Gasteiger partial charge in [0.2, 0.25) is 10.0 Å². The quantitative estimate of drug-likeness (QED) is 0.238. The van der Waals surface area contributed by atoms with E-state index in [1.807, 2.05) is 24.1 Å². The molecule has 144 valence electrons. The van der Waals surface area contributed by atoms with E-state index in [-0.39, 0.29) is 29.7 Å². The summed E-state index contributed by atoms with van der Waals surface area (Å²) in [4.78, 5) is 6.17. The molecule has 0 aromatic heterocycles. The number of benzene rings is 1. The van der Waals surface area contributed by atoms with Crippen molar-refractivity contribution in [1.82, 2.24) is 14.9 Å². The van der Waals surface area contributed by atoms with Gasteiger partial charge in [-0.05, 0) is 31.0 Å². The molecule has 0 aliphatic rings. The van der Waals surface area contributed by atoms with Gasteiger partial charge in [0.25, 0.3) is 0 Å². The largest absolute Gasteiger partial charge is 0.356 e. The Morgan fingerprint density at radius 2 is 1.92 bits per heavy atom. The van der Waals surface area contributed by atoms with Crippen molar-refractivity contribution < 1.29 is 8.42 Å². The van der Waals surface area contributed by atoms with Crippen molar-refractivity contribution in [1.29, 1.82) is 0 Å². The Balaban J connectivity index is 0.00000576. The lowest BCUT2D eigenvalue weighted by Crippen LogP contribution is -2.39. The van der Waals surface area contributed by atoms with Crippen LogP contribution in [0.2, 0.25) is 10.0 Å². The molecule has 0 aliphatic heterocycles. The van der Waals surface area contributed by atoms with E-state index in [2.05, 4.69) is 15.0 Å². The zero-order chi connectivity index (χ0) is 18.2. The number of aliphatic imine (C=N–C) groups is 1. The second-order valence-corrected chi connectivity index (χ2v) is 8.14. The summed E-state index contributed by atoms with van der Waals surface area (Å²) in [5.74, 6) is 0.813. The third kappa shape index (κ3) is 9.28. The van der Waals surface area contributed by atoms with Gasteiger partial charge >= 0.3 is 0 Å². The molecule has 10 heteroatoms. The van der Waals surface area contributed by atoms with E-state index >= 15 is 0 Å². The first-order valence-electron chi connectivity index (χ1n) is 7.62. The first-order chi connectivity index (χ1) is 11.3. The Morgan fingerprint density at radius 3 is 2.48 bits per heavy atom. The molecule has 0 amide bonds. The number of halogens is 3. The predicted octanol–water partition coefficient (Wildman–Crippen LogP) is 2.95. The van der Waals surface area contributed by atoms with E-state index < -0.39 is 10.0 Å². The Morgan fingerprint density at radius 1 is 1.24 bits per heavy atom. The van der Waals surface area contributed by atoms with Crippen molar-refractivity contribution in [2.75, 3.05) is 32.9 Å². The van der Waals surface area contributed by atoms with Crippen LogP contribution in [0, 0.1) is 0 Å². The van der Waals surface area contributed by atoms with E-state index in [0.29, 0.717) is 36.1 Å². The molecular weight excluding hydrogens is 498 g/mol. The molecule has 0 unspecified atom stereocenters.